The number of allylic oxidation sites excluding steroid dienone is 1. The average molecular weight is 266 g/mol. The van der Waals surface area contributed by atoms with Gasteiger partial charge in [0.25, 0.3) is 0 Å². The summed E-state index contributed by atoms with van der Waals surface area (Å²) in [5.41, 5.74) is 2.24. The van der Waals surface area contributed by atoms with E-state index in [1.807, 2.05) is 19.1 Å². The van der Waals surface area contributed by atoms with Crippen LogP contribution in [0.15, 0.2) is 30.9 Å². The van der Waals surface area contributed by atoms with Crippen LogP contribution >= 0.6 is 7.37 Å². The van der Waals surface area contributed by atoms with E-state index < -0.39 is 7.37 Å². The van der Waals surface area contributed by atoms with Crippen molar-refractivity contribution in [3.63, 3.8) is 0 Å². The van der Waals surface area contributed by atoms with Gasteiger partial charge in [0.2, 0.25) is 7.37 Å². The fourth-order valence-corrected chi connectivity index (χ4v) is 3.88. The highest BCUT2D eigenvalue weighted by Crippen LogP contribution is 2.41. The molecule has 0 fully saturated rings. The topological polar surface area (TPSA) is 37.3 Å². The van der Waals surface area contributed by atoms with Gasteiger partial charge in [0.15, 0.2) is 0 Å². The lowest BCUT2D eigenvalue weighted by Crippen LogP contribution is -2.13. The zero-order valence-electron chi connectivity index (χ0n) is 11.4. The molecule has 0 aromatic heterocycles. The highest BCUT2D eigenvalue weighted by Gasteiger charge is 2.23. The lowest BCUT2D eigenvalue weighted by molar-refractivity contribution is 0.487. The van der Waals surface area contributed by atoms with Crippen LogP contribution in [0.5, 0.6) is 0 Å². The van der Waals surface area contributed by atoms with E-state index in [0.717, 1.165) is 31.2 Å². The molecule has 100 valence electrons. The van der Waals surface area contributed by atoms with Gasteiger partial charge in [0.1, 0.15) is 0 Å². The summed E-state index contributed by atoms with van der Waals surface area (Å²) in [5.74, 6) is 0. The third-order valence-corrected chi connectivity index (χ3v) is 5.29. The van der Waals surface area contributed by atoms with Crippen molar-refractivity contribution >= 4 is 12.7 Å². The van der Waals surface area contributed by atoms with E-state index in [0.29, 0.717) is 11.5 Å². The van der Waals surface area contributed by atoms with Crippen LogP contribution in [0.2, 0.25) is 0 Å². The maximum atomic E-state index is 12.4. The first-order valence-corrected chi connectivity index (χ1v) is 8.44. The van der Waals surface area contributed by atoms with Crippen molar-refractivity contribution in [2.75, 3.05) is 6.16 Å². The fraction of sp³-hybridized carbons (Fsp3) is 0.467. The van der Waals surface area contributed by atoms with E-state index in [2.05, 4.69) is 19.6 Å². The largest absolute Gasteiger partial charge is 0.341 e. The summed E-state index contributed by atoms with van der Waals surface area (Å²) in [4.78, 5) is 10.2. The highest BCUT2D eigenvalue weighted by atomic mass is 31.2. The van der Waals surface area contributed by atoms with Crippen molar-refractivity contribution in [3.8, 4) is 0 Å². The highest BCUT2D eigenvalue weighted by molar-refractivity contribution is 7.66. The minimum absolute atomic E-state index is 0.345. The molecular formula is C15H23O2P. The number of hydrogen-bond acceptors (Lipinski definition) is 1. The molecule has 0 aliphatic rings. The van der Waals surface area contributed by atoms with Crippen molar-refractivity contribution in [1.29, 1.82) is 0 Å². The molecular weight excluding hydrogens is 243 g/mol. The second-order valence-electron chi connectivity index (χ2n) is 4.53. The Morgan fingerprint density at radius 2 is 2.06 bits per heavy atom. The van der Waals surface area contributed by atoms with Gasteiger partial charge in [-0.05, 0) is 42.9 Å². The van der Waals surface area contributed by atoms with Gasteiger partial charge in [-0.1, -0.05) is 32.1 Å². The van der Waals surface area contributed by atoms with Crippen molar-refractivity contribution in [1.82, 2.24) is 0 Å². The Morgan fingerprint density at radius 1 is 1.33 bits per heavy atom. The summed E-state index contributed by atoms with van der Waals surface area (Å²) >= 11 is 0. The number of aryl methyl sites for hydroxylation is 2. The normalized spacial score (nSPS) is 14.2. The smallest absolute Gasteiger partial charge is 0.229 e. The molecule has 1 atom stereocenters. The first kappa shape index (κ1) is 15.2. The molecule has 1 aromatic carbocycles. The van der Waals surface area contributed by atoms with Crippen LogP contribution in [0.4, 0.5) is 0 Å². The summed E-state index contributed by atoms with van der Waals surface area (Å²) in [7, 11) is -3.21. The van der Waals surface area contributed by atoms with Crippen LogP contribution < -0.4 is 5.30 Å². The molecule has 0 aliphatic heterocycles. The summed E-state index contributed by atoms with van der Waals surface area (Å²) in [5, 5.41) is 0.645. The molecule has 18 heavy (non-hydrogen) atoms. The Kier molecular flexibility index (Phi) is 5.84. The quantitative estimate of drug-likeness (QED) is 0.464. The molecule has 0 radical (unpaired) electrons. The molecule has 0 saturated carbocycles. The van der Waals surface area contributed by atoms with Gasteiger partial charge in [0, 0.05) is 11.5 Å². The molecule has 0 saturated heterocycles. The first-order chi connectivity index (χ1) is 8.55. The molecule has 0 amide bonds. The van der Waals surface area contributed by atoms with Crippen LogP contribution in [-0.4, -0.2) is 11.1 Å². The summed E-state index contributed by atoms with van der Waals surface area (Å²) in [6.07, 6.45) is 5.40. The molecule has 0 bridgehead atoms. The second-order valence-corrected chi connectivity index (χ2v) is 6.86. The van der Waals surface area contributed by atoms with Gasteiger partial charge >= 0.3 is 0 Å². The molecule has 1 aromatic rings. The number of benzene rings is 1. The van der Waals surface area contributed by atoms with E-state index >= 15 is 0 Å². The lowest BCUT2D eigenvalue weighted by Gasteiger charge is -2.16. The fourth-order valence-electron chi connectivity index (χ4n) is 2.05. The van der Waals surface area contributed by atoms with Crippen molar-refractivity contribution in [2.45, 2.75) is 39.5 Å². The number of unbranched alkanes of at least 4 members (excludes halogenated alkanes) is 1. The van der Waals surface area contributed by atoms with E-state index in [9.17, 15) is 9.46 Å². The molecule has 0 spiro atoms. The monoisotopic (exact) mass is 266 g/mol. The molecule has 1 unspecified atom stereocenters. The van der Waals surface area contributed by atoms with Gasteiger partial charge in [-0.15, -0.1) is 6.58 Å². The third kappa shape index (κ3) is 3.83. The molecule has 2 nitrogen and oxygen atoms in total. The first-order valence-electron chi connectivity index (χ1n) is 6.60. The lowest BCUT2D eigenvalue weighted by atomic mass is 10.1. The second kappa shape index (κ2) is 6.92. The van der Waals surface area contributed by atoms with Gasteiger partial charge in [-0.25, -0.2) is 0 Å². The van der Waals surface area contributed by atoms with E-state index in [-0.39, 0.29) is 0 Å². The number of hydrogen-bond donors (Lipinski definition) is 1. The van der Waals surface area contributed by atoms with Gasteiger partial charge in [-0.2, -0.15) is 0 Å². The summed E-state index contributed by atoms with van der Waals surface area (Å²) < 4.78 is 12.4. The Hall–Kier alpha value is -0.850. The third-order valence-electron chi connectivity index (χ3n) is 3.18. The number of rotatable bonds is 7. The molecule has 0 aliphatic carbocycles. The Labute approximate surface area is 110 Å². The van der Waals surface area contributed by atoms with Crippen LogP contribution in [0.1, 0.15) is 37.8 Å². The summed E-state index contributed by atoms with van der Waals surface area (Å²) in [6, 6.07) is 5.86. The Morgan fingerprint density at radius 3 is 2.61 bits per heavy atom. The van der Waals surface area contributed by atoms with E-state index in [4.69, 9.17) is 0 Å². The van der Waals surface area contributed by atoms with Crippen LogP contribution in [-0.2, 0) is 17.4 Å². The van der Waals surface area contributed by atoms with Crippen molar-refractivity contribution < 1.29 is 9.46 Å². The van der Waals surface area contributed by atoms with Crippen LogP contribution in [0.25, 0.3) is 0 Å². The van der Waals surface area contributed by atoms with Crippen molar-refractivity contribution in [3.05, 3.63) is 42.0 Å². The van der Waals surface area contributed by atoms with E-state index in [1.165, 1.54) is 5.56 Å². The molecule has 1 rings (SSSR count). The predicted molar refractivity (Wildman–Crippen MR) is 79.0 cm³/mol. The van der Waals surface area contributed by atoms with E-state index in [1.54, 1.807) is 6.08 Å². The zero-order valence-corrected chi connectivity index (χ0v) is 12.2. The van der Waals surface area contributed by atoms with Gasteiger partial charge < -0.3 is 4.89 Å². The minimum Gasteiger partial charge on any atom is -0.341 e. The molecule has 3 heteroatoms. The maximum absolute atomic E-state index is 12.4. The maximum Gasteiger partial charge on any atom is 0.229 e. The van der Waals surface area contributed by atoms with Gasteiger partial charge in [-0.3, -0.25) is 4.57 Å². The summed E-state index contributed by atoms with van der Waals surface area (Å²) in [6.45, 7) is 7.76. The Balaban J connectivity index is 2.99. The molecule has 0 heterocycles. The van der Waals surface area contributed by atoms with Crippen molar-refractivity contribution in [2.24, 2.45) is 0 Å². The predicted octanol–water partition coefficient (Wildman–Crippen LogP) is 3.67. The zero-order chi connectivity index (χ0) is 13.6. The van der Waals surface area contributed by atoms with Gasteiger partial charge in [0.05, 0.1) is 0 Å². The standard InChI is InChI=1S/C15H23O2P/c1-4-7-8-11-18(16,17)15-10-9-13(5-2)12-14(15)6-3/h4,9-10,12H,1,5-8,11H2,2-3H3,(H,16,17). The molecule has 1 N–H and O–H groups in total. The minimum atomic E-state index is -3.21. The average Bonchev–Trinajstić information content (AvgIpc) is 2.38. The van der Waals surface area contributed by atoms with Crippen LogP contribution in [0.3, 0.4) is 0 Å². The SMILES string of the molecule is C=CCCCP(=O)(O)c1ccc(CC)cc1CC. The Bertz CT molecular complexity index is 452. The van der Waals surface area contributed by atoms with Crippen LogP contribution in [0, 0.1) is 0 Å².